The predicted octanol–water partition coefficient (Wildman–Crippen LogP) is 4.60. The SMILES string of the molecule is COc1ccc(CN2C(=O)c3ccc(C(=O)OC(C)C(=O)Nc4c(C)cc(C)cc4C)cc3C2=O)cc1. The van der Waals surface area contributed by atoms with Crippen LogP contribution in [-0.2, 0) is 16.1 Å². The van der Waals surface area contributed by atoms with E-state index in [2.05, 4.69) is 5.32 Å². The van der Waals surface area contributed by atoms with E-state index in [4.69, 9.17) is 9.47 Å². The monoisotopic (exact) mass is 500 g/mol. The van der Waals surface area contributed by atoms with Gasteiger partial charge in [-0.05, 0) is 74.7 Å². The predicted molar refractivity (Wildman–Crippen MR) is 138 cm³/mol. The molecule has 0 aromatic heterocycles. The summed E-state index contributed by atoms with van der Waals surface area (Å²) in [6.07, 6.45) is -1.08. The number of fused-ring (bicyclic) bond motifs is 1. The number of hydrogen-bond donors (Lipinski definition) is 1. The molecule has 3 amide bonds. The van der Waals surface area contributed by atoms with Gasteiger partial charge in [-0.15, -0.1) is 0 Å². The molecule has 0 spiro atoms. The van der Waals surface area contributed by atoms with Crippen molar-refractivity contribution in [2.45, 2.75) is 40.3 Å². The van der Waals surface area contributed by atoms with E-state index in [1.54, 1.807) is 31.4 Å². The molecule has 1 N–H and O–H groups in total. The summed E-state index contributed by atoms with van der Waals surface area (Å²) < 4.78 is 10.5. The average molecular weight is 501 g/mol. The molecular weight excluding hydrogens is 472 g/mol. The molecule has 1 aliphatic heterocycles. The first-order valence-electron chi connectivity index (χ1n) is 11.8. The molecule has 190 valence electrons. The lowest BCUT2D eigenvalue weighted by atomic mass is 10.0. The number of amides is 3. The smallest absolute Gasteiger partial charge is 0.338 e. The third-order valence-electron chi connectivity index (χ3n) is 6.28. The molecule has 1 unspecified atom stereocenters. The maximum Gasteiger partial charge on any atom is 0.338 e. The number of imide groups is 1. The van der Waals surface area contributed by atoms with Crippen LogP contribution in [0, 0.1) is 20.8 Å². The van der Waals surface area contributed by atoms with Gasteiger partial charge in [-0.25, -0.2) is 4.79 Å². The average Bonchev–Trinajstić information content (AvgIpc) is 3.10. The Morgan fingerprint density at radius 2 is 1.51 bits per heavy atom. The summed E-state index contributed by atoms with van der Waals surface area (Å²) in [5, 5.41) is 2.82. The minimum Gasteiger partial charge on any atom is -0.497 e. The Labute approximate surface area is 215 Å². The minimum absolute atomic E-state index is 0.0774. The molecular formula is C29H28N2O6. The topological polar surface area (TPSA) is 102 Å². The summed E-state index contributed by atoms with van der Waals surface area (Å²) in [6.45, 7) is 7.33. The van der Waals surface area contributed by atoms with Crippen LogP contribution in [0.25, 0.3) is 0 Å². The standard InChI is InChI=1S/C29H28N2O6/c1-16-12-17(2)25(18(3)13-16)30-26(32)19(4)37-29(35)21-8-11-23-24(14-21)28(34)31(27(23)33)15-20-6-9-22(36-5)10-7-20/h6-14,19H,15H2,1-5H3,(H,30,32). The first-order chi connectivity index (χ1) is 17.6. The highest BCUT2D eigenvalue weighted by Crippen LogP contribution is 2.27. The number of anilines is 1. The van der Waals surface area contributed by atoms with Gasteiger partial charge in [0.25, 0.3) is 17.7 Å². The first-order valence-corrected chi connectivity index (χ1v) is 11.8. The highest BCUT2D eigenvalue weighted by atomic mass is 16.5. The van der Waals surface area contributed by atoms with Crippen LogP contribution in [0.15, 0.2) is 54.6 Å². The Morgan fingerprint density at radius 3 is 2.14 bits per heavy atom. The van der Waals surface area contributed by atoms with Gasteiger partial charge in [0, 0.05) is 5.69 Å². The lowest BCUT2D eigenvalue weighted by Crippen LogP contribution is -2.30. The Bertz CT molecular complexity index is 1390. The van der Waals surface area contributed by atoms with Crippen LogP contribution >= 0.6 is 0 Å². The van der Waals surface area contributed by atoms with Crippen LogP contribution in [0.4, 0.5) is 5.69 Å². The van der Waals surface area contributed by atoms with Crippen LogP contribution in [0.1, 0.15) is 60.3 Å². The van der Waals surface area contributed by atoms with Crippen LogP contribution in [0.5, 0.6) is 5.75 Å². The van der Waals surface area contributed by atoms with Crippen LogP contribution in [0.3, 0.4) is 0 Å². The molecule has 8 heteroatoms. The van der Waals surface area contributed by atoms with Gasteiger partial charge >= 0.3 is 5.97 Å². The molecule has 3 aromatic carbocycles. The minimum atomic E-state index is -1.08. The second kappa shape index (κ2) is 10.3. The number of nitrogens with zero attached hydrogens (tertiary/aromatic N) is 1. The molecule has 8 nitrogen and oxygen atoms in total. The number of aryl methyl sites for hydroxylation is 3. The fourth-order valence-electron chi connectivity index (χ4n) is 4.36. The second-order valence-electron chi connectivity index (χ2n) is 9.12. The lowest BCUT2D eigenvalue weighted by Gasteiger charge is -2.17. The van der Waals surface area contributed by atoms with E-state index >= 15 is 0 Å². The molecule has 0 saturated carbocycles. The number of nitrogens with one attached hydrogen (secondary N) is 1. The van der Waals surface area contributed by atoms with E-state index in [0.717, 1.165) is 27.2 Å². The van der Waals surface area contributed by atoms with E-state index in [0.29, 0.717) is 11.4 Å². The number of esters is 1. The van der Waals surface area contributed by atoms with E-state index in [1.807, 2.05) is 32.9 Å². The van der Waals surface area contributed by atoms with E-state index in [-0.39, 0.29) is 23.2 Å². The van der Waals surface area contributed by atoms with Crippen molar-refractivity contribution in [3.63, 3.8) is 0 Å². The van der Waals surface area contributed by atoms with Crippen LogP contribution < -0.4 is 10.1 Å². The molecule has 1 atom stereocenters. The Hall–Kier alpha value is -4.46. The molecule has 0 radical (unpaired) electrons. The van der Waals surface area contributed by atoms with Gasteiger partial charge in [0.15, 0.2) is 6.10 Å². The number of ether oxygens (including phenoxy) is 2. The Kier molecular flexibility index (Phi) is 7.11. The highest BCUT2D eigenvalue weighted by Gasteiger charge is 2.36. The van der Waals surface area contributed by atoms with Crippen molar-refractivity contribution in [3.05, 3.63) is 93.5 Å². The largest absolute Gasteiger partial charge is 0.497 e. The fourth-order valence-corrected chi connectivity index (χ4v) is 4.36. The van der Waals surface area contributed by atoms with E-state index in [9.17, 15) is 19.2 Å². The normalized spacial score (nSPS) is 13.3. The van der Waals surface area contributed by atoms with Gasteiger partial charge in [0.05, 0.1) is 30.3 Å². The number of carbonyl (C=O) groups excluding carboxylic acids is 4. The third kappa shape index (κ3) is 5.23. The number of rotatable bonds is 7. The van der Waals surface area contributed by atoms with E-state index in [1.165, 1.54) is 25.1 Å². The summed E-state index contributed by atoms with van der Waals surface area (Å²) in [5.41, 5.74) is 4.75. The molecule has 0 saturated heterocycles. The van der Waals surface area contributed by atoms with Gasteiger partial charge in [-0.2, -0.15) is 0 Å². The van der Waals surface area contributed by atoms with Crippen LogP contribution in [-0.4, -0.2) is 41.8 Å². The van der Waals surface area contributed by atoms with Gasteiger partial charge in [0.2, 0.25) is 0 Å². The Morgan fingerprint density at radius 1 is 0.892 bits per heavy atom. The zero-order valence-electron chi connectivity index (χ0n) is 21.4. The molecule has 1 aliphatic rings. The molecule has 4 rings (SSSR count). The molecule has 0 aliphatic carbocycles. The third-order valence-corrected chi connectivity index (χ3v) is 6.28. The van der Waals surface area contributed by atoms with Crippen molar-refractivity contribution in [2.75, 3.05) is 12.4 Å². The summed E-state index contributed by atoms with van der Waals surface area (Å²) in [7, 11) is 1.56. The van der Waals surface area contributed by atoms with Crippen molar-refractivity contribution >= 4 is 29.4 Å². The molecule has 0 bridgehead atoms. The van der Waals surface area contributed by atoms with Crippen molar-refractivity contribution < 1.29 is 28.7 Å². The number of benzene rings is 3. The summed E-state index contributed by atoms with van der Waals surface area (Å²) >= 11 is 0. The summed E-state index contributed by atoms with van der Waals surface area (Å²) in [5.74, 6) is -1.51. The molecule has 0 fully saturated rings. The Balaban J connectivity index is 1.45. The van der Waals surface area contributed by atoms with E-state index < -0.39 is 29.8 Å². The lowest BCUT2D eigenvalue weighted by molar-refractivity contribution is -0.123. The maximum atomic E-state index is 13.0. The van der Waals surface area contributed by atoms with Gasteiger partial charge < -0.3 is 14.8 Å². The summed E-state index contributed by atoms with van der Waals surface area (Å²) in [4.78, 5) is 52.5. The van der Waals surface area contributed by atoms with Gasteiger partial charge in [-0.3, -0.25) is 19.3 Å². The zero-order valence-corrected chi connectivity index (χ0v) is 21.4. The molecule has 1 heterocycles. The van der Waals surface area contributed by atoms with Gasteiger partial charge in [0.1, 0.15) is 5.75 Å². The quantitative estimate of drug-likeness (QED) is 0.376. The molecule has 3 aromatic rings. The first kappa shape index (κ1) is 25.6. The molecule has 37 heavy (non-hydrogen) atoms. The number of carbonyl (C=O) groups is 4. The number of hydrogen-bond acceptors (Lipinski definition) is 6. The van der Waals surface area contributed by atoms with Crippen molar-refractivity contribution in [3.8, 4) is 5.75 Å². The highest BCUT2D eigenvalue weighted by molar-refractivity contribution is 6.21. The van der Waals surface area contributed by atoms with Crippen LogP contribution in [0.2, 0.25) is 0 Å². The maximum absolute atomic E-state index is 13.0. The van der Waals surface area contributed by atoms with Gasteiger partial charge in [-0.1, -0.05) is 29.8 Å². The second-order valence-corrected chi connectivity index (χ2v) is 9.12. The number of methoxy groups -OCH3 is 1. The van der Waals surface area contributed by atoms with Crippen molar-refractivity contribution in [2.24, 2.45) is 0 Å². The fraction of sp³-hybridized carbons (Fsp3) is 0.241. The van der Waals surface area contributed by atoms with Crippen molar-refractivity contribution in [1.82, 2.24) is 4.90 Å². The zero-order chi connectivity index (χ0) is 26.9. The summed E-state index contributed by atoms with van der Waals surface area (Å²) in [6, 6.07) is 15.2. The van der Waals surface area contributed by atoms with Crippen molar-refractivity contribution in [1.29, 1.82) is 0 Å².